The molecule has 1 fully saturated rings. The molecule has 114 valence electrons. The minimum absolute atomic E-state index is 0.425. The van der Waals surface area contributed by atoms with Crippen LogP contribution in [0, 0.1) is 0 Å². The second-order valence-electron chi connectivity index (χ2n) is 4.82. The summed E-state index contributed by atoms with van der Waals surface area (Å²) in [5.41, 5.74) is 4.92. The average Bonchev–Trinajstić information content (AvgIpc) is 3.17. The van der Waals surface area contributed by atoms with E-state index in [1.807, 2.05) is 0 Å². The third kappa shape index (κ3) is 5.87. The van der Waals surface area contributed by atoms with Crippen molar-refractivity contribution in [1.82, 2.24) is 15.5 Å². The highest BCUT2D eigenvalue weighted by atomic mass is 16.4. The predicted molar refractivity (Wildman–Crippen MR) is 72.0 cm³/mol. The number of carboxylic acids is 1. The van der Waals surface area contributed by atoms with Gasteiger partial charge in [-0.05, 0) is 19.4 Å². The number of nitrogens with one attached hydrogen (secondary N) is 2. The van der Waals surface area contributed by atoms with E-state index in [0.717, 1.165) is 13.1 Å². The molecule has 0 aromatic heterocycles. The third-order valence-electron chi connectivity index (χ3n) is 3.16. The van der Waals surface area contributed by atoms with E-state index >= 15 is 0 Å². The molecule has 5 N–H and O–H groups in total. The smallest absolute Gasteiger partial charge is 0.326 e. The maximum Gasteiger partial charge on any atom is 0.326 e. The van der Waals surface area contributed by atoms with Gasteiger partial charge in [-0.25, -0.2) is 9.59 Å². The van der Waals surface area contributed by atoms with Crippen molar-refractivity contribution in [2.75, 3.05) is 19.6 Å². The predicted octanol–water partition coefficient (Wildman–Crippen LogP) is -0.901. The monoisotopic (exact) mass is 286 g/mol. The summed E-state index contributed by atoms with van der Waals surface area (Å²) in [6.45, 7) is 4.14. The van der Waals surface area contributed by atoms with Gasteiger partial charge in [0, 0.05) is 19.1 Å². The van der Waals surface area contributed by atoms with Crippen LogP contribution < -0.4 is 16.4 Å². The zero-order valence-corrected chi connectivity index (χ0v) is 11.6. The van der Waals surface area contributed by atoms with Crippen molar-refractivity contribution in [3.05, 3.63) is 0 Å². The molecular formula is C12H22N4O4. The summed E-state index contributed by atoms with van der Waals surface area (Å²) in [7, 11) is 0. The molecule has 0 aromatic rings. The summed E-state index contributed by atoms with van der Waals surface area (Å²) in [6.07, 6.45) is 1.96. The number of amides is 3. The highest BCUT2D eigenvalue weighted by Gasteiger charge is 2.27. The zero-order valence-electron chi connectivity index (χ0n) is 11.6. The Kier molecular flexibility index (Phi) is 6.23. The van der Waals surface area contributed by atoms with Gasteiger partial charge in [-0.2, -0.15) is 0 Å². The van der Waals surface area contributed by atoms with Crippen LogP contribution in [-0.4, -0.2) is 59.6 Å². The Bertz CT molecular complexity index is 370. The van der Waals surface area contributed by atoms with E-state index in [1.54, 1.807) is 0 Å². The molecule has 1 rings (SSSR count). The lowest BCUT2D eigenvalue weighted by Crippen LogP contribution is -2.49. The summed E-state index contributed by atoms with van der Waals surface area (Å²) >= 11 is 0. The molecule has 1 atom stereocenters. The van der Waals surface area contributed by atoms with E-state index in [-0.39, 0.29) is 0 Å². The normalized spacial score (nSPS) is 15.7. The van der Waals surface area contributed by atoms with Gasteiger partial charge in [-0.15, -0.1) is 0 Å². The molecule has 3 amide bonds. The van der Waals surface area contributed by atoms with Crippen LogP contribution >= 0.6 is 0 Å². The molecule has 0 heterocycles. The first kappa shape index (κ1) is 16.2. The molecule has 8 heteroatoms. The van der Waals surface area contributed by atoms with Crippen molar-refractivity contribution in [2.24, 2.45) is 5.73 Å². The van der Waals surface area contributed by atoms with Crippen molar-refractivity contribution in [3.63, 3.8) is 0 Å². The highest BCUT2D eigenvalue weighted by molar-refractivity contribution is 5.87. The number of carboxylic acid groups (broad SMARTS) is 1. The standard InChI is InChI=1S/C12H22N4O4/c1-2-16(8-3-4-8)6-5-14-12(20)15-9(11(18)19)7-10(13)17/h8-9H,2-7H2,1H3,(H2,13,17)(H,18,19)(H2,14,15,20). The molecule has 1 saturated carbocycles. The Morgan fingerprint density at radius 2 is 2.05 bits per heavy atom. The first-order valence-corrected chi connectivity index (χ1v) is 6.73. The van der Waals surface area contributed by atoms with E-state index in [9.17, 15) is 14.4 Å². The Hall–Kier alpha value is -1.83. The summed E-state index contributed by atoms with van der Waals surface area (Å²) < 4.78 is 0. The van der Waals surface area contributed by atoms with Gasteiger partial charge in [0.25, 0.3) is 0 Å². The van der Waals surface area contributed by atoms with Crippen molar-refractivity contribution in [2.45, 2.75) is 38.3 Å². The maximum atomic E-state index is 11.5. The van der Waals surface area contributed by atoms with E-state index in [0.29, 0.717) is 12.6 Å². The van der Waals surface area contributed by atoms with Crippen LogP contribution in [0.3, 0.4) is 0 Å². The van der Waals surface area contributed by atoms with Crippen LogP contribution in [0.25, 0.3) is 0 Å². The first-order valence-electron chi connectivity index (χ1n) is 6.73. The second-order valence-corrected chi connectivity index (χ2v) is 4.82. The van der Waals surface area contributed by atoms with Crippen LogP contribution in [0.4, 0.5) is 4.79 Å². The van der Waals surface area contributed by atoms with Crippen LogP contribution in [0.2, 0.25) is 0 Å². The molecule has 0 radical (unpaired) electrons. The Morgan fingerprint density at radius 1 is 1.40 bits per heavy atom. The van der Waals surface area contributed by atoms with E-state index < -0.39 is 30.4 Å². The van der Waals surface area contributed by atoms with E-state index in [2.05, 4.69) is 22.5 Å². The van der Waals surface area contributed by atoms with Gasteiger partial charge in [-0.3, -0.25) is 9.69 Å². The van der Waals surface area contributed by atoms with Crippen molar-refractivity contribution >= 4 is 17.9 Å². The number of hydrogen-bond donors (Lipinski definition) is 4. The quantitative estimate of drug-likeness (QED) is 0.437. The number of likely N-dealkylation sites (N-methyl/N-ethyl adjacent to an activating group) is 1. The number of aliphatic carboxylic acids is 1. The van der Waals surface area contributed by atoms with Crippen molar-refractivity contribution < 1.29 is 19.5 Å². The number of nitrogens with zero attached hydrogens (tertiary/aromatic N) is 1. The average molecular weight is 286 g/mol. The summed E-state index contributed by atoms with van der Waals surface area (Å²) in [5, 5.41) is 13.6. The van der Waals surface area contributed by atoms with E-state index in [1.165, 1.54) is 12.8 Å². The lowest BCUT2D eigenvalue weighted by molar-refractivity contribution is -0.140. The minimum atomic E-state index is -1.29. The lowest BCUT2D eigenvalue weighted by Gasteiger charge is -2.20. The second kappa shape index (κ2) is 7.68. The number of carbonyl (C=O) groups excluding carboxylic acids is 2. The molecule has 0 aliphatic heterocycles. The minimum Gasteiger partial charge on any atom is -0.480 e. The molecule has 20 heavy (non-hydrogen) atoms. The number of rotatable bonds is 9. The molecule has 0 saturated heterocycles. The van der Waals surface area contributed by atoms with Gasteiger partial charge >= 0.3 is 12.0 Å². The number of hydrogen-bond acceptors (Lipinski definition) is 4. The molecule has 0 aromatic carbocycles. The molecule has 0 spiro atoms. The fourth-order valence-electron chi connectivity index (χ4n) is 1.96. The van der Waals surface area contributed by atoms with Gasteiger partial charge in [0.05, 0.1) is 6.42 Å². The van der Waals surface area contributed by atoms with Gasteiger partial charge in [0.15, 0.2) is 0 Å². The van der Waals surface area contributed by atoms with E-state index in [4.69, 9.17) is 10.8 Å². The van der Waals surface area contributed by atoms with Crippen LogP contribution in [0.5, 0.6) is 0 Å². The van der Waals surface area contributed by atoms with Crippen LogP contribution in [-0.2, 0) is 9.59 Å². The molecule has 0 bridgehead atoms. The maximum absolute atomic E-state index is 11.5. The fraction of sp³-hybridized carbons (Fsp3) is 0.750. The molecule has 1 unspecified atom stereocenters. The summed E-state index contributed by atoms with van der Waals surface area (Å²) in [5.74, 6) is -2.06. The Labute approximate surface area is 117 Å². The van der Waals surface area contributed by atoms with Crippen LogP contribution in [0.1, 0.15) is 26.2 Å². The zero-order chi connectivity index (χ0) is 15.1. The van der Waals surface area contributed by atoms with Crippen molar-refractivity contribution in [3.8, 4) is 0 Å². The topological polar surface area (TPSA) is 125 Å². The van der Waals surface area contributed by atoms with Gasteiger partial charge in [0.2, 0.25) is 5.91 Å². The summed E-state index contributed by atoms with van der Waals surface area (Å²) in [4.78, 5) is 35.3. The highest BCUT2D eigenvalue weighted by Crippen LogP contribution is 2.25. The van der Waals surface area contributed by atoms with Gasteiger partial charge < -0.3 is 21.5 Å². The number of carbonyl (C=O) groups is 3. The first-order chi connectivity index (χ1) is 9.43. The SMILES string of the molecule is CCN(CCNC(=O)NC(CC(N)=O)C(=O)O)C1CC1. The Balaban J connectivity index is 2.26. The van der Waals surface area contributed by atoms with Gasteiger partial charge in [0.1, 0.15) is 6.04 Å². The molecule has 1 aliphatic carbocycles. The lowest BCUT2D eigenvalue weighted by atomic mass is 10.2. The Morgan fingerprint density at radius 3 is 2.50 bits per heavy atom. The van der Waals surface area contributed by atoms with Crippen LogP contribution in [0.15, 0.2) is 0 Å². The largest absolute Gasteiger partial charge is 0.480 e. The molecule has 8 nitrogen and oxygen atoms in total. The molecule has 1 aliphatic rings. The van der Waals surface area contributed by atoms with Crippen molar-refractivity contribution in [1.29, 1.82) is 0 Å². The van der Waals surface area contributed by atoms with Gasteiger partial charge in [-0.1, -0.05) is 6.92 Å². The fourth-order valence-corrected chi connectivity index (χ4v) is 1.96. The third-order valence-corrected chi connectivity index (χ3v) is 3.16. The summed E-state index contributed by atoms with van der Waals surface area (Å²) in [6, 6.07) is -1.28. The molecular weight excluding hydrogens is 264 g/mol. The number of nitrogens with two attached hydrogens (primary N) is 1. The number of primary amides is 1. The number of urea groups is 1.